The molecule has 0 amide bonds. The summed E-state index contributed by atoms with van der Waals surface area (Å²) in [5, 5.41) is 10.9. The Morgan fingerprint density at radius 1 is 1.12 bits per heavy atom. The summed E-state index contributed by atoms with van der Waals surface area (Å²) in [5.41, 5.74) is 5.72. The minimum absolute atomic E-state index is 0.0131. The van der Waals surface area contributed by atoms with Crippen LogP contribution in [0.1, 0.15) is 12.6 Å². The smallest absolute Gasteiger partial charge is 0.280 e. The Bertz CT molecular complexity index is 1560. The Kier molecular flexibility index (Phi) is 11.4. The molecule has 0 aromatic carbocycles. The molecule has 42 heavy (non-hydrogen) atoms. The number of rotatable bonds is 17. The number of aliphatic hydroxyl groups is 1. The number of aromatic nitrogens is 7. The van der Waals surface area contributed by atoms with Crippen molar-refractivity contribution in [3.63, 3.8) is 0 Å². The van der Waals surface area contributed by atoms with Gasteiger partial charge in [-0.3, -0.25) is 23.3 Å². The number of thiol groups is 1. The Hall–Kier alpha value is -2.93. The minimum Gasteiger partial charge on any atom is -0.379 e. The maximum Gasteiger partial charge on any atom is 0.280 e. The summed E-state index contributed by atoms with van der Waals surface area (Å²) in [7, 11) is 5.18. The zero-order valence-electron chi connectivity index (χ0n) is 22.8. The third kappa shape index (κ3) is 7.52. The summed E-state index contributed by atoms with van der Waals surface area (Å²) in [5.74, 6) is -0.407. The average Bonchev–Trinajstić information content (AvgIpc) is 3.59. The molecule has 0 aliphatic carbocycles. The Labute approximate surface area is 246 Å². The lowest BCUT2D eigenvalue weighted by Crippen LogP contribution is -2.36. The number of H-pyrrole nitrogens is 2. The van der Waals surface area contributed by atoms with Gasteiger partial charge in [-0.05, 0) is 19.0 Å². The standard InChI is InChI=1S/C23H33N8O9PS/c1-35-13(5-16(40-42)31-11-27-17-19(31)28-22(24)29-21(17)33)8-38-23(34)37-7-12(15(36-2)9-39-41)6-30-4-3-14-18(30)25-10-26-20(14)32/h3-4,10-13,15-16,23,34,42H,5-9,41H2,1-2H3,(H,25,26,32)(H3,24,28,29,33)/t12-,13+,15-,16-,23?/m1/s1. The van der Waals surface area contributed by atoms with Crippen LogP contribution < -0.4 is 16.9 Å². The molecule has 0 aliphatic heterocycles. The number of anilines is 1. The fourth-order valence-electron chi connectivity index (χ4n) is 4.45. The molecule has 230 valence electrons. The van der Waals surface area contributed by atoms with Crippen LogP contribution in [0.5, 0.6) is 0 Å². The number of nitrogens with zero attached hydrogens (tertiary/aromatic N) is 5. The number of aliphatic hydroxyl groups excluding tert-OH is 1. The Balaban J connectivity index is 1.37. The van der Waals surface area contributed by atoms with Gasteiger partial charge in [0.1, 0.15) is 5.65 Å². The van der Waals surface area contributed by atoms with Crippen molar-refractivity contribution in [3.8, 4) is 0 Å². The predicted molar refractivity (Wildman–Crippen MR) is 155 cm³/mol. The molecule has 4 rings (SSSR count). The summed E-state index contributed by atoms with van der Waals surface area (Å²) in [6, 6.07) is 1.67. The molecule has 2 unspecified atom stereocenters. The number of fused-ring (bicyclic) bond motifs is 2. The largest absolute Gasteiger partial charge is 0.379 e. The number of hydrogen-bond donors (Lipinski definition) is 5. The van der Waals surface area contributed by atoms with Gasteiger partial charge in [-0.25, -0.2) is 9.97 Å². The van der Waals surface area contributed by atoms with Crippen LogP contribution in [-0.4, -0.2) is 91.9 Å². The normalized spacial score (nSPS) is 15.6. The lowest BCUT2D eigenvalue weighted by Gasteiger charge is -2.27. The summed E-state index contributed by atoms with van der Waals surface area (Å²) in [6.07, 6.45) is 2.85. The van der Waals surface area contributed by atoms with E-state index in [1.54, 1.807) is 16.8 Å². The van der Waals surface area contributed by atoms with Crippen LogP contribution >= 0.6 is 22.4 Å². The van der Waals surface area contributed by atoms with E-state index in [1.165, 1.54) is 31.4 Å². The van der Waals surface area contributed by atoms with E-state index >= 15 is 0 Å². The molecule has 0 spiro atoms. The van der Waals surface area contributed by atoms with Gasteiger partial charge in [-0.15, -0.1) is 0 Å². The molecule has 0 fully saturated rings. The molecule has 0 aliphatic rings. The van der Waals surface area contributed by atoms with Crippen LogP contribution in [0.2, 0.25) is 0 Å². The highest BCUT2D eigenvalue weighted by Gasteiger charge is 2.26. The molecule has 4 aromatic heterocycles. The van der Waals surface area contributed by atoms with E-state index in [1.807, 2.05) is 0 Å². The number of ether oxygens (including phenoxy) is 4. The second-order valence-electron chi connectivity index (χ2n) is 9.21. The third-order valence-electron chi connectivity index (χ3n) is 6.64. The van der Waals surface area contributed by atoms with Crippen LogP contribution in [-0.2, 0) is 34.2 Å². The maximum atomic E-state index is 12.1. The van der Waals surface area contributed by atoms with Crippen LogP contribution in [0.25, 0.3) is 22.2 Å². The highest BCUT2D eigenvalue weighted by Crippen LogP contribution is 2.23. The van der Waals surface area contributed by atoms with E-state index in [9.17, 15) is 14.7 Å². The second-order valence-corrected chi connectivity index (χ2v) is 9.75. The van der Waals surface area contributed by atoms with Gasteiger partial charge < -0.3 is 43.9 Å². The van der Waals surface area contributed by atoms with Gasteiger partial charge in [0.2, 0.25) is 5.95 Å². The van der Waals surface area contributed by atoms with Crippen molar-refractivity contribution >= 4 is 50.5 Å². The van der Waals surface area contributed by atoms with E-state index < -0.39 is 30.5 Å². The van der Waals surface area contributed by atoms with Gasteiger partial charge in [0.05, 0.1) is 50.1 Å². The third-order valence-corrected chi connectivity index (χ3v) is 7.08. The zero-order chi connectivity index (χ0) is 30.2. The van der Waals surface area contributed by atoms with E-state index in [4.69, 9.17) is 33.4 Å². The Morgan fingerprint density at radius 2 is 1.90 bits per heavy atom. The van der Waals surface area contributed by atoms with E-state index in [0.29, 0.717) is 17.6 Å². The molecular weight excluding hydrogens is 595 g/mol. The molecule has 19 heteroatoms. The van der Waals surface area contributed by atoms with Gasteiger partial charge in [0, 0.05) is 48.8 Å². The fraction of sp³-hybridized carbons (Fsp3) is 0.522. The highest BCUT2D eigenvalue weighted by molar-refractivity contribution is 7.75. The first-order valence-corrected chi connectivity index (χ1v) is 13.5. The number of nitrogens with one attached hydrogen (secondary N) is 2. The molecule has 0 radical (unpaired) electrons. The quantitative estimate of drug-likeness (QED) is 0.0449. The molecular formula is C23H33N8O9PS. The number of nitrogens with two attached hydrogens (primary N) is 1. The second kappa shape index (κ2) is 15.0. The average molecular weight is 629 g/mol. The molecule has 6 atom stereocenters. The summed E-state index contributed by atoms with van der Waals surface area (Å²) in [6.45, 7) is -1.10. The van der Waals surface area contributed by atoms with Gasteiger partial charge in [0.25, 0.3) is 17.6 Å². The number of imidazole rings is 1. The SMILES string of the molecule is CO[C@H](COC(O)OC[C@@H](Cn1ccc2c(=O)[nH]cnc21)[C@@H](COP)OC)C[C@@H](OS)n1cnc2c(=O)[nH]c(N)nc21. The number of aromatic amines is 2. The summed E-state index contributed by atoms with van der Waals surface area (Å²) >= 11 is 3.95. The number of methoxy groups -OCH3 is 2. The fourth-order valence-corrected chi connectivity index (χ4v) is 4.82. The predicted octanol–water partition coefficient (Wildman–Crippen LogP) is -0.0479. The first-order valence-electron chi connectivity index (χ1n) is 12.6. The first kappa shape index (κ1) is 32.0. The van der Waals surface area contributed by atoms with Gasteiger partial charge in [-0.1, -0.05) is 0 Å². The van der Waals surface area contributed by atoms with Crippen LogP contribution in [0.3, 0.4) is 0 Å². The molecule has 0 saturated heterocycles. The zero-order valence-corrected chi connectivity index (χ0v) is 24.8. The van der Waals surface area contributed by atoms with Crippen molar-refractivity contribution in [2.24, 2.45) is 5.92 Å². The molecule has 17 nitrogen and oxygen atoms in total. The maximum absolute atomic E-state index is 12.1. The summed E-state index contributed by atoms with van der Waals surface area (Å²) < 4.78 is 36.0. The van der Waals surface area contributed by atoms with Crippen LogP contribution in [0.4, 0.5) is 5.95 Å². The van der Waals surface area contributed by atoms with Crippen molar-refractivity contribution in [1.29, 1.82) is 0 Å². The molecule has 4 aromatic rings. The molecule has 5 N–H and O–H groups in total. The van der Waals surface area contributed by atoms with Crippen molar-refractivity contribution in [3.05, 3.63) is 45.6 Å². The lowest BCUT2D eigenvalue weighted by atomic mass is 10.0. The van der Waals surface area contributed by atoms with Crippen molar-refractivity contribution in [2.75, 3.05) is 39.8 Å². The first-order chi connectivity index (χ1) is 20.3. The van der Waals surface area contributed by atoms with Gasteiger partial charge >= 0.3 is 0 Å². The van der Waals surface area contributed by atoms with Crippen molar-refractivity contribution < 1.29 is 32.8 Å². The van der Waals surface area contributed by atoms with E-state index in [2.05, 4.69) is 47.3 Å². The van der Waals surface area contributed by atoms with E-state index in [-0.39, 0.29) is 54.8 Å². The molecule has 4 heterocycles. The molecule has 0 saturated carbocycles. The highest BCUT2D eigenvalue weighted by atomic mass is 32.1. The summed E-state index contributed by atoms with van der Waals surface area (Å²) in [4.78, 5) is 41.6. The van der Waals surface area contributed by atoms with Crippen LogP contribution in [0, 0.1) is 5.92 Å². The lowest BCUT2D eigenvalue weighted by molar-refractivity contribution is -0.279. The van der Waals surface area contributed by atoms with Crippen LogP contribution in [0.15, 0.2) is 34.5 Å². The van der Waals surface area contributed by atoms with Crippen molar-refractivity contribution in [1.82, 2.24) is 34.1 Å². The number of nitrogen functional groups attached to an aromatic ring is 1. The van der Waals surface area contributed by atoms with E-state index in [0.717, 1.165) is 0 Å². The topological polar surface area (TPSA) is 216 Å². The Morgan fingerprint density at radius 3 is 2.62 bits per heavy atom. The van der Waals surface area contributed by atoms with Gasteiger partial charge in [0.15, 0.2) is 17.4 Å². The number of hydrogen-bond acceptors (Lipinski definition) is 14. The molecule has 0 bridgehead atoms. The minimum atomic E-state index is -1.61. The monoisotopic (exact) mass is 628 g/mol. The van der Waals surface area contributed by atoms with Crippen molar-refractivity contribution in [2.45, 2.75) is 37.9 Å². The van der Waals surface area contributed by atoms with Gasteiger partial charge in [-0.2, -0.15) is 4.98 Å².